The predicted molar refractivity (Wildman–Crippen MR) is 74.8 cm³/mol. The van der Waals surface area contributed by atoms with Gasteiger partial charge in [0, 0.05) is 26.4 Å². The number of nitriles is 2. The van der Waals surface area contributed by atoms with E-state index >= 15 is 0 Å². The zero-order valence-electron chi connectivity index (χ0n) is 13.4. The third kappa shape index (κ3) is 2.06. The molecule has 6 heteroatoms. The fourth-order valence-corrected chi connectivity index (χ4v) is 3.21. The summed E-state index contributed by atoms with van der Waals surface area (Å²) in [6.45, 7) is 10.3. The molecule has 0 aliphatic heterocycles. The van der Waals surface area contributed by atoms with Crippen LogP contribution < -0.4 is 0 Å². The predicted octanol–water partition coefficient (Wildman–Crippen LogP) is 2.21. The van der Waals surface area contributed by atoms with Crippen molar-refractivity contribution in [3.05, 3.63) is 0 Å². The van der Waals surface area contributed by atoms with Gasteiger partial charge in [-0.3, -0.25) is 0 Å². The van der Waals surface area contributed by atoms with Gasteiger partial charge in [0.25, 0.3) is 5.79 Å². The summed E-state index contributed by atoms with van der Waals surface area (Å²) in [7, 11) is 0. The Morgan fingerprint density at radius 2 is 1.19 bits per heavy atom. The van der Waals surface area contributed by atoms with Crippen molar-refractivity contribution in [2.24, 2.45) is 11.3 Å². The topological polar surface area (TPSA) is 84.5 Å². The van der Waals surface area contributed by atoms with Gasteiger partial charge in [0.05, 0.1) is 18.1 Å². The first-order chi connectivity index (χ1) is 10.0. The Kier molecular flexibility index (Phi) is 5.72. The molecule has 1 unspecified atom stereocenters. The third-order valence-electron chi connectivity index (χ3n) is 3.96. The van der Waals surface area contributed by atoms with E-state index in [4.69, 9.17) is 18.9 Å². The van der Waals surface area contributed by atoms with E-state index in [-0.39, 0.29) is 13.2 Å². The maximum absolute atomic E-state index is 9.62. The molecule has 0 aromatic heterocycles. The minimum atomic E-state index is -1.54. The van der Waals surface area contributed by atoms with Gasteiger partial charge in [-0.1, -0.05) is 6.92 Å². The number of nitrogens with zero attached hydrogens (tertiary/aromatic N) is 2. The van der Waals surface area contributed by atoms with E-state index < -0.39 is 22.9 Å². The van der Waals surface area contributed by atoms with Gasteiger partial charge in [0.1, 0.15) is 0 Å². The highest BCUT2D eigenvalue weighted by Gasteiger charge is 2.85. The SMILES string of the molecule is CCOC1(OCC)C(C)C(C#N)(C#N)C1(OCC)OCC. The fraction of sp³-hybridized carbons (Fsp3) is 0.867. The maximum Gasteiger partial charge on any atom is 0.257 e. The van der Waals surface area contributed by atoms with Crippen LogP contribution in [0, 0.1) is 34.0 Å². The van der Waals surface area contributed by atoms with Crippen molar-refractivity contribution in [2.75, 3.05) is 26.4 Å². The van der Waals surface area contributed by atoms with E-state index in [1.165, 1.54) is 0 Å². The lowest BCUT2D eigenvalue weighted by Crippen LogP contribution is -2.84. The smallest absolute Gasteiger partial charge is 0.257 e. The van der Waals surface area contributed by atoms with Crippen molar-refractivity contribution in [3.63, 3.8) is 0 Å². The summed E-state index contributed by atoms with van der Waals surface area (Å²) < 4.78 is 23.2. The van der Waals surface area contributed by atoms with Crippen LogP contribution in [-0.2, 0) is 18.9 Å². The van der Waals surface area contributed by atoms with Crippen molar-refractivity contribution in [1.82, 2.24) is 0 Å². The van der Waals surface area contributed by atoms with Gasteiger partial charge >= 0.3 is 0 Å². The Bertz CT molecular complexity index is 412. The minimum absolute atomic E-state index is 0.278. The van der Waals surface area contributed by atoms with E-state index in [0.29, 0.717) is 13.2 Å². The van der Waals surface area contributed by atoms with Crippen molar-refractivity contribution < 1.29 is 18.9 Å². The van der Waals surface area contributed by atoms with Crippen molar-refractivity contribution >= 4 is 0 Å². The van der Waals surface area contributed by atoms with E-state index in [9.17, 15) is 10.5 Å². The van der Waals surface area contributed by atoms with Crippen LogP contribution in [0.1, 0.15) is 34.6 Å². The van der Waals surface area contributed by atoms with E-state index in [1.807, 2.05) is 13.8 Å². The quantitative estimate of drug-likeness (QED) is 0.638. The lowest BCUT2D eigenvalue weighted by Gasteiger charge is -2.65. The van der Waals surface area contributed by atoms with Crippen LogP contribution in [0.2, 0.25) is 0 Å². The Morgan fingerprint density at radius 3 is 1.48 bits per heavy atom. The number of hydrogen-bond donors (Lipinski definition) is 0. The lowest BCUT2D eigenvalue weighted by atomic mass is 9.52. The standard InChI is InChI=1S/C15H24N2O4/c1-6-18-14(19-7-2)12(5)13(10-16,11-17)15(14,20-8-3)21-9-4/h12H,6-9H2,1-5H3. The molecule has 0 bridgehead atoms. The van der Waals surface area contributed by atoms with E-state index in [1.54, 1.807) is 20.8 Å². The highest BCUT2D eigenvalue weighted by molar-refractivity contribution is 5.36. The second kappa shape index (κ2) is 6.72. The highest BCUT2D eigenvalue weighted by atomic mass is 16.8. The van der Waals surface area contributed by atoms with Gasteiger partial charge in [-0.2, -0.15) is 10.5 Å². The Hall–Kier alpha value is -1.18. The minimum Gasteiger partial charge on any atom is -0.345 e. The van der Waals surface area contributed by atoms with E-state index in [0.717, 1.165) is 0 Å². The van der Waals surface area contributed by atoms with Crippen molar-refractivity contribution in [2.45, 2.75) is 46.2 Å². The van der Waals surface area contributed by atoms with Crippen LogP contribution >= 0.6 is 0 Å². The van der Waals surface area contributed by atoms with Crippen molar-refractivity contribution in [1.29, 1.82) is 10.5 Å². The average Bonchev–Trinajstić information content (AvgIpc) is 2.48. The third-order valence-corrected chi connectivity index (χ3v) is 3.96. The molecule has 6 nitrogen and oxygen atoms in total. The molecule has 1 aliphatic rings. The van der Waals surface area contributed by atoms with Gasteiger partial charge in [0.2, 0.25) is 11.2 Å². The van der Waals surface area contributed by atoms with Gasteiger partial charge in [-0.25, -0.2) is 0 Å². The van der Waals surface area contributed by atoms with Crippen LogP contribution in [0.15, 0.2) is 0 Å². The number of ether oxygens (including phenoxy) is 4. The zero-order chi connectivity index (χ0) is 16.1. The van der Waals surface area contributed by atoms with Crippen molar-refractivity contribution in [3.8, 4) is 12.1 Å². The second-order valence-corrected chi connectivity index (χ2v) is 4.77. The number of hydrogen-bond acceptors (Lipinski definition) is 6. The summed E-state index contributed by atoms with van der Waals surface area (Å²) in [5.41, 5.74) is -1.47. The first kappa shape index (κ1) is 17.9. The Morgan fingerprint density at radius 1 is 0.810 bits per heavy atom. The van der Waals surface area contributed by atoms with Gasteiger partial charge in [0.15, 0.2) is 0 Å². The first-order valence-electron chi connectivity index (χ1n) is 7.40. The summed E-state index contributed by atoms with van der Waals surface area (Å²) >= 11 is 0. The largest absolute Gasteiger partial charge is 0.345 e. The molecule has 0 aromatic rings. The van der Waals surface area contributed by atoms with Crippen LogP contribution in [0.5, 0.6) is 0 Å². The summed E-state index contributed by atoms with van der Waals surface area (Å²) in [4.78, 5) is 0. The highest BCUT2D eigenvalue weighted by Crippen LogP contribution is 2.65. The summed E-state index contributed by atoms with van der Waals surface area (Å²) in [6, 6.07) is 4.15. The molecule has 1 aliphatic carbocycles. The molecule has 0 spiro atoms. The van der Waals surface area contributed by atoms with Crippen LogP contribution in [-0.4, -0.2) is 38.0 Å². The first-order valence-corrected chi connectivity index (χ1v) is 7.40. The molecule has 0 amide bonds. The van der Waals surface area contributed by atoms with Gasteiger partial charge in [-0.05, 0) is 27.7 Å². The summed E-state index contributed by atoms with van der Waals surface area (Å²) in [5, 5.41) is 19.2. The molecule has 0 N–H and O–H groups in total. The molecular formula is C15H24N2O4. The fourth-order valence-electron chi connectivity index (χ4n) is 3.21. The molecule has 21 heavy (non-hydrogen) atoms. The zero-order valence-corrected chi connectivity index (χ0v) is 13.4. The maximum atomic E-state index is 9.62. The van der Waals surface area contributed by atoms with Gasteiger partial charge in [-0.15, -0.1) is 0 Å². The van der Waals surface area contributed by atoms with Crippen LogP contribution in [0.25, 0.3) is 0 Å². The molecule has 1 rings (SSSR count). The molecule has 1 fully saturated rings. The Balaban J connectivity index is 3.48. The molecule has 1 saturated carbocycles. The summed E-state index contributed by atoms with van der Waals surface area (Å²) in [5.74, 6) is -3.30. The molecule has 118 valence electrons. The second-order valence-electron chi connectivity index (χ2n) is 4.77. The monoisotopic (exact) mass is 296 g/mol. The van der Waals surface area contributed by atoms with Gasteiger partial charge < -0.3 is 18.9 Å². The lowest BCUT2D eigenvalue weighted by molar-refractivity contribution is -0.510. The summed E-state index contributed by atoms with van der Waals surface area (Å²) in [6.07, 6.45) is 0. The molecule has 0 aromatic carbocycles. The molecule has 0 heterocycles. The molecule has 0 saturated heterocycles. The molecular weight excluding hydrogens is 272 g/mol. The van der Waals surface area contributed by atoms with Crippen LogP contribution in [0.3, 0.4) is 0 Å². The molecule has 1 atom stereocenters. The van der Waals surface area contributed by atoms with E-state index in [2.05, 4.69) is 12.1 Å². The molecule has 0 radical (unpaired) electrons. The average molecular weight is 296 g/mol. The number of rotatable bonds is 8. The Labute approximate surface area is 126 Å². The van der Waals surface area contributed by atoms with Crippen LogP contribution in [0.4, 0.5) is 0 Å². The normalized spacial score (nSPS) is 24.6.